The maximum absolute atomic E-state index is 11.7. The molecule has 0 aromatic heterocycles. The SMILES string of the molecule is C=NC(C#N)=C(C)C(=O)OCC(F)(F)F. The van der Waals surface area contributed by atoms with E-state index in [1.807, 2.05) is 0 Å². The zero-order valence-electron chi connectivity index (χ0n) is 7.76. The molecular formula is C8H7F3N2O2. The van der Waals surface area contributed by atoms with Crippen molar-refractivity contribution < 1.29 is 22.7 Å². The van der Waals surface area contributed by atoms with Crippen LogP contribution in [0.5, 0.6) is 0 Å². The highest BCUT2D eigenvalue weighted by atomic mass is 19.4. The number of nitrogens with zero attached hydrogens (tertiary/aromatic N) is 2. The smallest absolute Gasteiger partial charge is 0.422 e. The minimum Gasteiger partial charge on any atom is -0.453 e. The van der Waals surface area contributed by atoms with Crippen molar-refractivity contribution in [3.05, 3.63) is 11.3 Å². The third kappa shape index (κ3) is 4.81. The van der Waals surface area contributed by atoms with E-state index < -0.39 is 18.8 Å². The molecule has 7 heteroatoms. The van der Waals surface area contributed by atoms with Crippen LogP contribution in [0.3, 0.4) is 0 Å². The Kier molecular flexibility index (Phi) is 4.51. The van der Waals surface area contributed by atoms with Crippen LogP contribution >= 0.6 is 0 Å². The lowest BCUT2D eigenvalue weighted by atomic mass is 10.2. The minimum atomic E-state index is -4.59. The Balaban J connectivity index is 4.55. The Bertz CT molecular complexity index is 339. The second-order valence-electron chi connectivity index (χ2n) is 2.43. The predicted molar refractivity (Wildman–Crippen MR) is 44.9 cm³/mol. The number of carbonyl (C=O) groups is 1. The highest BCUT2D eigenvalue weighted by molar-refractivity contribution is 5.89. The molecule has 0 aliphatic carbocycles. The molecule has 0 fully saturated rings. The quantitative estimate of drug-likeness (QED) is 0.314. The molecule has 0 saturated carbocycles. The molecule has 0 spiro atoms. The van der Waals surface area contributed by atoms with Gasteiger partial charge in [0.1, 0.15) is 11.8 Å². The molecule has 0 aromatic rings. The van der Waals surface area contributed by atoms with Gasteiger partial charge in [0.25, 0.3) is 0 Å². The zero-order chi connectivity index (χ0) is 12.1. The average Bonchev–Trinajstić information content (AvgIpc) is 2.14. The number of nitriles is 1. The normalized spacial score (nSPS) is 12.5. The fourth-order valence-corrected chi connectivity index (χ4v) is 0.590. The molecule has 0 aromatic carbocycles. The van der Waals surface area contributed by atoms with E-state index in [2.05, 4.69) is 16.4 Å². The number of hydrogen-bond donors (Lipinski definition) is 0. The van der Waals surface area contributed by atoms with Crippen molar-refractivity contribution in [3.8, 4) is 6.07 Å². The molecule has 0 aliphatic rings. The van der Waals surface area contributed by atoms with Crippen LogP contribution in [0, 0.1) is 11.3 Å². The van der Waals surface area contributed by atoms with E-state index in [0.29, 0.717) is 0 Å². The first-order valence-corrected chi connectivity index (χ1v) is 3.63. The molecular weight excluding hydrogens is 213 g/mol. The number of allylic oxidation sites excluding steroid dienone is 1. The van der Waals surface area contributed by atoms with Gasteiger partial charge in [0.2, 0.25) is 0 Å². The molecule has 0 N–H and O–H groups in total. The Morgan fingerprint density at radius 3 is 2.47 bits per heavy atom. The van der Waals surface area contributed by atoms with Crippen molar-refractivity contribution in [2.75, 3.05) is 6.61 Å². The van der Waals surface area contributed by atoms with Crippen LogP contribution in [0.25, 0.3) is 0 Å². The van der Waals surface area contributed by atoms with Crippen LogP contribution in [0.1, 0.15) is 6.92 Å². The number of alkyl halides is 3. The fraction of sp³-hybridized carbons (Fsp3) is 0.375. The summed E-state index contributed by atoms with van der Waals surface area (Å²) in [5.41, 5.74) is -0.668. The van der Waals surface area contributed by atoms with Gasteiger partial charge in [-0.3, -0.25) is 4.99 Å². The van der Waals surface area contributed by atoms with Gasteiger partial charge in [-0.15, -0.1) is 0 Å². The van der Waals surface area contributed by atoms with Gasteiger partial charge in [-0.05, 0) is 13.6 Å². The molecule has 82 valence electrons. The first-order valence-electron chi connectivity index (χ1n) is 3.63. The average molecular weight is 220 g/mol. The molecule has 0 amide bonds. The number of halogens is 3. The fourth-order valence-electron chi connectivity index (χ4n) is 0.590. The van der Waals surface area contributed by atoms with Crippen molar-refractivity contribution in [1.29, 1.82) is 5.26 Å². The standard InChI is InChI=1S/C8H7F3N2O2/c1-5(6(3-12)13-2)7(14)15-4-8(9,10)11/h2,4H2,1H3. The number of ether oxygens (including phenoxy) is 1. The first kappa shape index (κ1) is 13.2. The summed E-state index contributed by atoms with van der Waals surface area (Å²) in [5, 5.41) is 8.40. The first-order chi connectivity index (χ1) is 6.81. The second kappa shape index (κ2) is 5.14. The van der Waals surface area contributed by atoms with Crippen molar-refractivity contribution in [2.45, 2.75) is 13.1 Å². The predicted octanol–water partition coefficient (Wildman–Crippen LogP) is 1.59. The third-order valence-electron chi connectivity index (χ3n) is 1.29. The second-order valence-corrected chi connectivity index (χ2v) is 2.43. The summed E-state index contributed by atoms with van der Waals surface area (Å²) in [4.78, 5) is 14.1. The minimum absolute atomic E-state index is 0.309. The molecule has 0 rings (SSSR count). The summed E-state index contributed by atoms with van der Waals surface area (Å²) in [6.07, 6.45) is -4.59. The van der Waals surface area contributed by atoms with Crippen LogP contribution in [0.4, 0.5) is 13.2 Å². The molecule has 0 radical (unpaired) electrons. The molecule has 0 aliphatic heterocycles. The summed E-state index contributed by atoms with van der Waals surface area (Å²) in [6.45, 7) is 2.42. The highest BCUT2D eigenvalue weighted by Gasteiger charge is 2.30. The summed E-state index contributed by atoms with van der Waals surface area (Å²) < 4.78 is 38.8. The van der Waals surface area contributed by atoms with Crippen molar-refractivity contribution >= 4 is 12.7 Å². The van der Waals surface area contributed by atoms with E-state index in [1.54, 1.807) is 0 Å². The van der Waals surface area contributed by atoms with Gasteiger partial charge >= 0.3 is 12.1 Å². The summed E-state index contributed by atoms with van der Waals surface area (Å²) in [7, 11) is 0. The monoisotopic (exact) mass is 220 g/mol. The van der Waals surface area contributed by atoms with Gasteiger partial charge in [-0.25, -0.2) is 4.79 Å². The summed E-state index contributed by atoms with van der Waals surface area (Å²) in [6, 6.07) is 1.50. The molecule has 0 bridgehead atoms. The van der Waals surface area contributed by atoms with Crippen LogP contribution < -0.4 is 0 Å². The van der Waals surface area contributed by atoms with Crippen LogP contribution in [0.15, 0.2) is 16.3 Å². The maximum atomic E-state index is 11.7. The van der Waals surface area contributed by atoms with Gasteiger partial charge < -0.3 is 4.74 Å². The van der Waals surface area contributed by atoms with E-state index in [-0.39, 0.29) is 11.3 Å². The van der Waals surface area contributed by atoms with Crippen molar-refractivity contribution in [2.24, 2.45) is 4.99 Å². The van der Waals surface area contributed by atoms with Crippen LogP contribution in [-0.2, 0) is 9.53 Å². The van der Waals surface area contributed by atoms with E-state index in [9.17, 15) is 18.0 Å². The van der Waals surface area contributed by atoms with E-state index in [4.69, 9.17) is 5.26 Å². The molecule has 4 nitrogen and oxygen atoms in total. The van der Waals surface area contributed by atoms with E-state index >= 15 is 0 Å². The van der Waals surface area contributed by atoms with E-state index in [1.165, 1.54) is 6.07 Å². The molecule has 0 unspecified atom stereocenters. The lowest BCUT2D eigenvalue weighted by molar-refractivity contribution is -0.183. The number of hydrogen-bond acceptors (Lipinski definition) is 4. The Labute approximate surface area is 83.7 Å². The Hall–Kier alpha value is -1.84. The van der Waals surface area contributed by atoms with E-state index in [0.717, 1.165) is 6.92 Å². The highest BCUT2D eigenvalue weighted by Crippen LogP contribution is 2.16. The topological polar surface area (TPSA) is 62.5 Å². The summed E-state index contributed by atoms with van der Waals surface area (Å²) >= 11 is 0. The lowest BCUT2D eigenvalue weighted by Gasteiger charge is -2.07. The van der Waals surface area contributed by atoms with Gasteiger partial charge in [-0.1, -0.05) is 0 Å². The Morgan fingerprint density at radius 2 is 2.13 bits per heavy atom. The number of aliphatic imine (C=N–C) groups is 1. The molecule has 0 atom stereocenters. The van der Waals surface area contributed by atoms with Crippen molar-refractivity contribution in [1.82, 2.24) is 0 Å². The van der Waals surface area contributed by atoms with Crippen LogP contribution in [0.2, 0.25) is 0 Å². The number of esters is 1. The molecule has 0 saturated heterocycles. The van der Waals surface area contributed by atoms with Crippen molar-refractivity contribution in [3.63, 3.8) is 0 Å². The van der Waals surface area contributed by atoms with Gasteiger partial charge in [0.05, 0.1) is 5.57 Å². The molecule has 0 heterocycles. The van der Waals surface area contributed by atoms with Gasteiger partial charge in [0.15, 0.2) is 6.61 Å². The Morgan fingerprint density at radius 1 is 1.60 bits per heavy atom. The molecule has 15 heavy (non-hydrogen) atoms. The van der Waals surface area contributed by atoms with Gasteiger partial charge in [-0.2, -0.15) is 18.4 Å². The van der Waals surface area contributed by atoms with Crippen LogP contribution in [-0.4, -0.2) is 25.5 Å². The number of rotatable bonds is 3. The number of carbonyl (C=O) groups excluding carboxylic acids is 1. The van der Waals surface area contributed by atoms with Gasteiger partial charge in [0, 0.05) is 0 Å². The third-order valence-corrected chi connectivity index (χ3v) is 1.29. The maximum Gasteiger partial charge on any atom is 0.422 e. The lowest BCUT2D eigenvalue weighted by Crippen LogP contribution is -2.21. The summed E-state index contributed by atoms with van der Waals surface area (Å²) in [5.74, 6) is -1.24. The zero-order valence-corrected chi connectivity index (χ0v) is 7.76. The largest absolute Gasteiger partial charge is 0.453 e.